The van der Waals surface area contributed by atoms with Gasteiger partial charge in [-0.25, -0.2) is 0 Å². The lowest BCUT2D eigenvalue weighted by atomic mass is 9.84. The highest BCUT2D eigenvalue weighted by molar-refractivity contribution is 4.66. The largest absolute Gasteiger partial charge is 0.0683 e. The highest BCUT2D eigenvalue weighted by Crippen LogP contribution is 2.28. The molecule has 68 valence electrons. The molecule has 2 rings (SSSR count). The van der Waals surface area contributed by atoms with Gasteiger partial charge in [0.15, 0.2) is 0 Å². The van der Waals surface area contributed by atoms with Crippen molar-refractivity contribution in [2.24, 2.45) is 5.92 Å². The molecule has 2 aliphatic rings. The number of rotatable bonds is 1. The summed E-state index contributed by atoms with van der Waals surface area (Å²) in [5, 5.41) is 0. The standard InChI is InChI=1S/C6H12.C3H6.C2H6/c1-2-6-4-3-5-6;1-2-3-1;1-2/h6H,2-5H2,1H3;1-3H2;1-2H3. The zero-order valence-corrected chi connectivity index (χ0v) is 8.53. The Morgan fingerprint density at radius 2 is 1.36 bits per heavy atom. The fourth-order valence-electron chi connectivity index (χ4n) is 0.901. The van der Waals surface area contributed by atoms with Gasteiger partial charge in [-0.15, -0.1) is 0 Å². The Labute approximate surface area is 72.4 Å². The topological polar surface area (TPSA) is 0 Å². The van der Waals surface area contributed by atoms with Crippen molar-refractivity contribution < 1.29 is 0 Å². The van der Waals surface area contributed by atoms with Gasteiger partial charge in [0, 0.05) is 0 Å². The highest BCUT2D eigenvalue weighted by atomic mass is 14.2. The number of hydrogen-bond acceptors (Lipinski definition) is 0. The van der Waals surface area contributed by atoms with Gasteiger partial charge < -0.3 is 0 Å². The smallest absolute Gasteiger partial charge is 0.0417 e. The second kappa shape index (κ2) is 8.10. The lowest BCUT2D eigenvalue weighted by Crippen LogP contribution is -2.08. The van der Waals surface area contributed by atoms with Crippen LogP contribution in [-0.4, -0.2) is 0 Å². The Kier molecular flexibility index (Phi) is 8.10. The first-order valence-corrected chi connectivity index (χ1v) is 5.43. The minimum absolute atomic E-state index is 1.12. The molecular formula is C11H24. The third-order valence-corrected chi connectivity index (χ3v) is 2.16. The van der Waals surface area contributed by atoms with Gasteiger partial charge in [-0.2, -0.15) is 0 Å². The third-order valence-electron chi connectivity index (χ3n) is 2.16. The van der Waals surface area contributed by atoms with Crippen LogP contribution in [0.4, 0.5) is 0 Å². The van der Waals surface area contributed by atoms with E-state index in [-0.39, 0.29) is 0 Å². The summed E-state index contributed by atoms with van der Waals surface area (Å²) in [5.74, 6) is 1.12. The summed E-state index contributed by atoms with van der Waals surface area (Å²) in [5.41, 5.74) is 0. The molecule has 0 heteroatoms. The minimum atomic E-state index is 1.12. The summed E-state index contributed by atoms with van der Waals surface area (Å²) in [6.07, 6.45) is 10.4. The van der Waals surface area contributed by atoms with E-state index < -0.39 is 0 Å². The molecule has 2 fully saturated rings. The Balaban J connectivity index is 0.000000169. The predicted molar refractivity (Wildman–Crippen MR) is 52.8 cm³/mol. The van der Waals surface area contributed by atoms with Crippen molar-refractivity contribution in [3.8, 4) is 0 Å². The van der Waals surface area contributed by atoms with E-state index in [1.165, 1.54) is 44.9 Å². The molecule has 0 aromatic heterocycles. The summed E-state index contributed by atoms with van der Waals surface area (Å²) < 4.78 is 0. The molecule has 0 unspecified atom stereocenters. The van der Waals surface area contributed by atoms with Crippen LogP contribution >= 0.6 is 0 Å². The van der Waals surface area contributed by atoms with E-state index in [0.29, 0.717) is 0 Å². The van der Waals surface area contributed by atoms with Gasteiger partial charge in [-0.3, -0.25) is 0 Å². The lowest BCUT2D eigenvalue weighted by molar-refractivity contribution is 0.307. The summed E-state index contributed by atoms with van der Waals surface area (Å²) in [6, 6.07) is 0. The average molecular weight is 156 g/mol. The van der Waals surface area contributed by atoms with E-state index in [1.54, 1.807) is 0 Å². The normalized spacial score (nSPS) is 19.9. The van der Waals surface area contributed by atoms with E-state index in [4.69, 9.17) is 0 Å². The monoisotopic (exact) mass is 156 g/mol. The van der Waals surface area contributed by atoms with Gasteiger partial charge in [-0.1, -0.05) is 65.7 Å². The summed E-state index contributed by atoms with van der Waals surface area (Å²) in [7, 11) is 0. The zero-order chi connectivity index (χ0) is 8.53. The van der Waals surface area contributed by atoms with Gasteiger partial charge >= 0.3 is 0 Å². The lowest BCUT2D eigenvalue weighted by Gasteiger charge is -2.22. The number of hydrogen-bond donors (Lipinski definition) is 0. The Morgan fingerprint density at radius 3 is 1.36 bits per heavy atom. The molecule has 0 aromatic rings. The van der Waals surface area contributed by atoms with Crippen LogP contribution in [0, 0.1) is 5.92 Å². The molecule has 0 N–H and O–H groups in total. The van der Waals surface area contributed by atoms with Crippen LogP contribution in [0.25, 0.3) is 0 Å². The van der Waals surface area contributed by atoms with E-state index in [0.717, 1.165) is 5.92 Å². The Morgan fingerprint density at radius 1 is 0.909 bits per heavy atom. The van der Waals surface area contributed by atoms with Crippen LogP contribution < -0.4 is 0 Å². The second-order valence-electron chi connectivity index (χ2n) is 3.27. The SMILES string of the molecule is C1CC1.CC.CCC1CCC1. The van der Waals surface area contributed by atoms with Crippen LogP contribution in [0.5, 0.6) is 0 Å². The maximum Gasteiger partial charge on any atom is -0.0417 e. The maximum atomic E-state index is 2.28. The average Bonchev–Trinajstić information content (AvgIpc) is 2.74. The van der Waals surface area contributed by atoms with Crippen LogP contribution in [0.1, 0.15) is 65.7 Å². The zero-order valence-electron chi connectivity index (χ0n) is 8.53. The quantitative estimate of drug-likeness (QED) is 0.528. The maximum absolute atomic E-state index is 2.28. The molecule has 0 spiro atoms. The molecule has 0 aromatic carbocycles. The molecule has 2 saturated carbocycles. The van der Waals surface area contributed by atoms with E-state index in [9.17, 15) is 0 Å². The third kappa shape index (κ3) is 7.90. The molecule has 0 aliphatic heterocycles. The van der Waals surface area contributed by atoms with Crippen LogP contribution in [-0.2, 0) is 0 Å². The van der Waals surface area contributed by atoms with E-state index in [1.807, 2.05) is 13.8 Å². The molecule has 0 nitrogen and oxygen atoms in total. The summed E-state index contributed by atoms with van der Waals surface area (Å²) in [6.45, 7) is 6.28. The first-order chi connectivity index (χ1) is 5.43. The fourth-order valence-corrected chi connectivity index (χ4v) is 0.901. The fraction of sp³-hybridized carbons (Fsp3) is 1.00. The molecule has 2 aliphatic carbocycles. The van der Waals surface area contributed by atoms with Crippen LogP contribution in [0.15, 0.2) is 0 Å². The molecule has 0 heterocycles. The highest BCUT2D eigenvalue weighted by Gasteiger charge is 2.13. The molecule has 0 radical (unpaired) electrons. The second-order valence-corrected chi connectivity index (χ2v) is 3.27. The summed E-state index contributed by atoms with van der Waals surface area (Å²) in [4.78, 5) is 0. The van der Waals surface area contributed by atoms with Crippen molar-refractivity contribution in [2.75, 3.05) is 0 Å². The van der Waals surface area contributed by atoms with Crippen molar-refractivity contribution in [1.29, 1.82) is 0 Å². The molecular weight excluding hydrogens is 132 g/mol. The molecule has 0 amide bonds. The van der Waals surface area contributed by atoms with Crippen molar-refractivity contribution in [2.45, 2.75) is 65.7 Å². The van der Waals surface area contributed by atoms with Crippen molar-refractivity contribution in [3.05, 3.63) is 0 Å². The molecule has 11 heavy (non-hydrogen) atoms. The minimum Gasteiger partial charge on any atom is -0.0683 e. The first-order valence-electron chi connectivity index (χ1n) is 5.43. The van der Waals surface area contributed by atoms with Crippen molar-refractivity contribution >= 4 is 0 Å². The molecule has 0 bridgehead atoms. The van der Waals surface area contributed by atoms with Gasteiger partial charge in [0.25, 0.3) is 0 Å². The van der Waals surface area contributed by atoms with Gasteiger partial charge in [-0.05, 0) is 5.92 Å². The Hall–Kier alpha value is 0. The van der Waals surface area contributed by atoms with E-state index in [2.05, 4.69) is 6.92 Å². The molecule has 0 atom stereocenters. The van der Waals surface area contributed by atoms with Crippen LogP contribution in [0.2, 0.25) is 0 Å². The van der Waals surface area contributed by atoms with Gasteiger partial charge in [0.1, 0.15) is 0 Å². The first kappa shape index (κ1) is 11.0. The van der Waals surface area contributed by atoms with Crippen molar-refractivity contribution in [1.82, 2.24) is 0 Å². The predicted octanol–water partition coefficient (Wildman–Crippen LogP) is 4.39. The molecule has 0 saturated heterocycles. The van der Waals surface area contributed by atoms with Crippen molar-refractivity contribution in [3.63, 3.8) is 0 Å². The van der Waals surface area contributed by atoms with E-state index >= 15 is 0 Å². The summed E-state index contributed by atoms with van der Waals surface area (Å²) >= 11 is 0. The van der Waals surface area contributed by atoms with Crippen LogP contribution in [0.3, 0.4) is 0 Å². The van der Waals surface area contributed by atoms with Gasteiger partial charge in [0.05, 0.1) is 0 Å². The van der Waals surface area contributed by atoms with Gasteiger partial charge in [0.2, 0.25) is 0 Å². The Bertz CT molecular complexity index is 54.9.